The van der Waals surface area contributed by atoms with Gasteiger partial charge in [-0.15, -0.1) is 0 Å². The number of hydrogen-bond acceptors (Lipinski definition) is 4. The first kappa shape index (κ1) is 14.9. The van der Waals surface area contributed by atoms with Gasteiger partial charge in [0, 0.05) is 31.7 Å². The Bertz CT molecular complexity index is 204. The summed E-state index contributed by atoms with van der Waals surface area (Å²) in [4.78, 5) is 2.31. The summed E-state index contributed by atoms with van der Waals surface area (Å²) in [5, 5.41) is 0. The molecule has 1 heterocycles. The summed E-state index contributed by atoms with van der Waals surface area (Å²) in [7, 11) is 2.13. The van der Waals surface area contributed by atoms with Gasteiger partial charge >= 0.3 is 0 Å². The van der Waals surface area contributed by atoms with Gasteiger partial charge in [0.05, 0.1) is 19.3 Å². The van der Waals surface area contributed by atoms with Crippen LogP contribution in [-0.2, 0) is 9.47 Å². The lowest BCUT2D eigenvalue weighted by atomic mass is 9.82. The lowest BCUT2D eigenvalue weighted by molar-refractivity contribution is -0.0233. The third-order valence-electron chi connectivity index (χ3n) is 3.37. The highest BCUT2D eigenvalue weighted by Crippen LogP contribution is 2.28. The van der Waals surface area contributed by atoms with Gasteiger partial charge in [0.15, 0.2) is 0 Å². The van der Waals surface area contributed by atoms with Crippen LogP contribution >= 0.6 is 0 Å². The van der Waals surface area contributed by atoms with E-state index in [1.54, 1.807) is 0 Å². The molecular formula is C13H28N2O2. The van der Waals surface area contributed by atoms with Gasteiger partial charge in [-0.1, -0.05) is 0 Å². The predicted octanol–water partition coefficient (Wildman–Crippen LogP) is 1.10. The largest absolute Gasteiger partial charge is 0.381 e. The highest BCUT2D eigenvalue weighted by Gasteiger charge is 2.32. The van der Waals surface area contributed by atoms with E-state index in [4.69, 9.17) is 15.2 Å². The molecule has 1 aliphatic heterocycles. The summed E-state index contributed by atoms with van der Waals surface area (Å²) in [6, 6.07) is 0. The van der Waals surface area contributed by atoms with E-state index in [2.05, 4.69) is 25.8 Å². The van der Waals surface area contributed by atoms with Crippen LogP contribution < -0.4 is 5.73 Å². The second-order valence-corrected chi connectivity index (χ2v) is 5.52. The molecule has 0 aromatic rings. The summed E-state index contributed by atoms with van der Waals surface area (Å²) in [5.41, 5.74) is 6.08. The highest BCUT2D eigenvalue weighted by molar-refractivity contribution is 4.85. The minimum Gasteiger partial charge on any atom is -0.381 e. The minimum atomic E-state index is 0.158. The Morgan fingerprint density at radius 3 is 2.76 bits per heavy atom. The first-order valence-corrected chi connectivity index (χ1v) is 6.66. The molecular weight excluding hydrogens is 216 g/mol. The normalized spacial score (nSPS) is 25.8. The van der Waals surface area contributed by atoms with E-state index in [0.717, 1.165) is 39.3 Å². The van der Waals surface area contributed by atoms with E-state index in [0.29, 0.717) is 12.6 Å². The van der Waals surface area contributed by atoms with Crippen LogP contribution in [0.3, 0.4) is 0 Å². The van der Waals surface area contributed by atoms with Crippen molar-refractivity contribution < 1.29 is 9.47 Å². The third kappa shape index (κ3) is 5.34. The van der Waals surface area contributed by atoms with Crippen molar-refractivity contribution in [2.24, 2.45) is 11.1 Å². The Kier molecular flexibility index (Phi) is 6.41. The maximum Gasteiger partial charge on any atom is 0.0596 e. The lowest BCUT2D eigenvalue weighted by Gasteiger charge is -2.39. The first-order valence-electron chi connectivity index (χ1n) is 6.66. The van der Waals surface area contributed by atoms with Crippen LogP contribution in [0.5, 0.6) is 0 Å². The fourth-order valence-corrected chi connectivity index (χ4v) is 2.36. The van der Waals surface area contributed by atoms with Gasteiger partial charge in [-0.25, -0.2) is 0 Å². The molecule has 102 valence electrons. The SMILES string of the molecule is CC(C)OCCN(C)CC1(CN)CCCOC1. The molecule has 17 heavy (non-hydrogen) atoms. The zero-order chi connectivity index (χ0) is 12.7. The minimum absolute atomic E-state index is 0.158. The standard InChI is InChI=1S/C13H28N2O2/c1-12(2)17-8-6-15(3)10-13(9-14)5-4-7-16-11-13/h12H,4-11,14H2,1-3H3. The molecule has 0 aromatic heterocycles. The van der Waals surface area contributed by atoms with Crippen molar-refractivity contribution in [1.29, 1.82) is 0 Å². The van der Waals surface area contributed by atoms with Crippen LogP contribution in [0.4, 0.5) is 0 Å². The number of rotatable bonds is 7. The van der Waals surface area contributed by atoms with Gasteiger partial charge < -0.3 is 20.1 Å². The second-order valence-electron chi connectivity index (χ2n) is 5.52. The topological polar surface area (TPSA) is 47.7 Å². The Morgan fingerprint density at radius 2 is 2.24 bits per heavy atom. The van der Waals surface area contributed by atoms with E-state index in [1.807, 2.05) is 0 Å². The number of nitrogens with zero attached hydrogens (tertiary/aromatic N) is 1. The fourth-order valence-electron chi connectivity index (χ4n) is 2.36. The summed E-state index contributed by atoms with van der Waals surface area (Å²) in [6.45, 7) is 9.29. The van der Waals surface area contributed by atoms with Gasteiger partial charge in [0.2, 0.25) is 0 Å². The molecule has 0 aliphatic carbocycles. The molecule has 1 saturated heterocycles. The zero-order valence-electron chi connectivity index (χ0n) is 11.6. The van der Waals surface area contributed by atoms with Crippen LogP contribution in [-0.4, -0.2) is 57.5 Å². The number of nitrogens with two attached hydrogens (primary N) is 1. The lowest BCUT2D eigenvalue weighted by Crippen LogP contribution is -2.47. The van der Waals surface area contributed by atoms with E-state index >= 15 is 0 Å². The van der Waals surface area contributed by atoms with E-state index in [-0.39, 0.29) is 5.41 Å². The molecule has 2 N–H and O–H groups in total. The van der Waals surface area contributed by atoms with E-state index in [9.17, 15) is 0 Å². The smallest absolute Gasteiger partial charge is 0.0596 e. The number of ether oxygens (including phenoxy) is 2. The fraction of sp³-hybridized carbons (Fsp3) is 1.00. The summed E-state index contributed by atoms with van der Waals surface area (Å²) >= 11 is 0. The summed E-state index contributed by atoms with van der Waals surface area (Å²) in [6.07, 6.45) is 2.62. The zero-order valence-corrected chi connectivity index (χ0v) is 11.6. The van der Waals surface area contributed by atoms with Crippen LogP contribution in [0.1, 0.15) is 26.7 Å². The average Bonchev–Trinajstić information content (AvgIpc) is 2.29. The van der Waals surface area contributed by atoms with Gasteiger partial charge in [-0.3, -0.25) is 0 Å². The number of likely N-dealkylation sites (N-methyl/N-ethyl adjacent to an activating group) is 1. The van der Waals surface area contributed by atoms with Crippen LogP contribution in [0, 0.1) is 5.41 Å². The first-order chi connectivity index (χ1) is 8.08. The second kappa shape index (κ2) is 7.31. The monoisotopic (exact) mass is 244 g/mol. The maximum absolute atomic E-state index is 5.93. The van der Waals surface area contributed by atoms with Crippen molar-refractivity contribution in [3.63, 3.8) is 0 Å². The summed E-state index contributed by atoms with van der Waals surface area (Å²) in [5.74, 6) is 0. The van der Waals surface area contributed by atoms with Gasteiger partial charge in [-0.05, 0) is 33.7 Å². The van der Waals surface area contributed by atoms with Crippen molar-refractivity contribution in [3.05, 3.63) is 0 Å². The van der Waals surface area contributed by atoms with Crippen LogP contribution in [0.25, 0.3) is 0 Å². The molecule has 0 bridgehead atoms. The third-order valence-corrected chi connectivity index (χ3v) is 3.37. The Balaban J connectivity index is 2.29. The molecule has 0 spiro atoms. The molecule has 1 atom stereocenters. The van der Waals surface area contributed by atoms with Crippen molar-refractivity contribution in [2.45, 2.75) is 32.8 Å². The Hall–Kier alpha value is -0.160. The molecule has 1 rings (SSSR count). The molecule has 1 aliphatic rings. The molecule has 0 amide bonds. The highest BCUT2D eigenvalue weighted by atomic mass is 16.5. The van der Waals surface area contributed by atoms with Crippen LogP contribution in [0.2, 0.25) is 0 Å². The molecule has 4 heteroatoms. The van der Waals surface area contributed by atoms with Crippen molar-refractivity contribution in [2.75, 3.05) is 46.5 Å². The molecule has 1 unspecified atom stereocenters. The number of hydrogen-bond donors (Lipinski definition) is 1. The van der Waals surface area contributed by atoms with E-state index in [1.165, 1.54) is 6.42 Å². The van der Waals surface area contributed by atoms with Gasteiger partial charge in [-0.2, -0.15) is 0 Å². The molecule has 0 radical (unpaired) electrons. The van der Waals surface area contributed by atoms with Crippen molar-refractivity contribution >= 4 is 0 Å². The van der Waals surface area contributed by atoms with Crippen molar-refractivity contribution in [3.8, 4) is 0 Å². The quantitative estimate of drug-likeness (QED) is 0.728. The van der Waals surface area contributed by atoms with Gasteiger partial charge in [0.25, 0.3) is 0 Å². The van der Waals surface area contributed by atoms with Crippen molar-refractivity contribution in [1.82, 2.24) is 4.90 Å². The van der Waals surface area contributed by atoms with Crippen LogP contribution in [0.15, 0.2) is 0 Å². The average molecular weight is 244 g/mol. The Morgan fingerprint density at radius 1 is 1.47 bits per heavy atom. The molecule has 1 fully saturated rings. The molecule has 0 saturated carbocycles. The molecule has 4 nitrogen and oxygen atoms in total. The maximum atomic E-state index is 5.93. The summed E-state index contributed by atoms with van der Waals surface area (Å²) < 4.78 is 11.1. The predicted molar refractivity (Wildman–Crippen MR) is 70.1 cm³/mol. The van der Waals surface area contributed by atoms with E-state index < -0.39 is 0 Å². The van der Waals surface area contributed by atoms with Gasteiger partial charge in [0.1, 0.15) is 0 Å². The molecule has 0 aromatic carbocycles. The Labute approximate surface area is 105 Å².